The Bertz CT molecular complexity index is 360. The van der Waals surface area contributed by atoms with Gasteiger partial charge in [-0.25, -0.2) is 0 Å². The molecule has 0 aromatic rings. The van der Waals surface area contributed by atoms with Crippen molar-refractivity contribution in [3.63, 3.8) is 0 Å². The first-order valence-electron chi connectivity index (χ1n) is 14.8. The molecule has 0 radical (unpaired) electrons. The van der Waals surface area contributed by atoms with Gasteiger partial charge in [0.2, 0.25) is 0 Å². The molecule has 0 saturated carbocycles. The van der Waals surface area contributed by atoms with Crippen molar-refractivity contribution in [1.82, 2.24) is 0 Å². The van der Waals surface area contributed by atoms with Crippen molar-refractivity contribution in [3.05, 3.63) is 17.9 Å². The number of allylic oxidation sites excluding steroid dienone is 1. The maximum Gasteiger partial charge on any atom is -0.0274 e. The minimum atomic E-state index is 1.23. The third kappa shape index (κ3) is 29.5. The quantitative estimate of drug-likeness (QED) is 0.0941. The normalized spacial score (nSPS) is 10.9. The van der Waals surface area contributed by atoms with E-state index in [2.05, 4.69) is 31.7 Å². The first kappa shape index (κ1) is 30.5. The van der Waals surface area contributed by atoms with Crippen LogP contribution in [-0.4, -0.2) is 0 Å². The van der Waals surface area contributed by atoms with E-state index in [0.29, 0.717) is 0 Å². The van der Waals surface area contributed by atoms with Crippen molar-refractivity contribution in [2.45, 2.75) is 181 Å². The zero-order valence-corrected chi connectivity index (χ0v) is 22.0. The molecule has 0 heterocycles. The largest absolute Gasteiger partial charge is 0.130 e. The summed E-state index contributed by atoms with van der Waals surface area (Å²) < 4.78 is 0. The fraction of sp³-hybridized carbons (Fsp3) is 0.903. The maximum atomic E-state index is 3.41. The van der Waals surface area contributed by atoms with Gasteiger partial charge in [0.05, 0.1) is 0 Å². The Balaban J connectivity index is 3.14. The summed E-state index contributed by atoms with van der Waals surface area (Å²) in [5.41, 5.74) is 3.41. The van der Waals surface area contributed by atoms with Gasteiger partial charge in [0.15, 0.2) is 0 Å². The molecule has 0 amide bonds. The second-order valence-corrected chi connectivity index (χ2v) is 9.93. The molecule has 0 saturated heterocycles. The molecule has 0 aliphatic carbocycles. The molecule has 0 N–H and O–H groups in total. The number of hydrogen-bond acceptors (Lipinski definition) is 0. The third-order valence-corrected chi connectivity index (χ3v) is 6.64. The van der Waals surface area contributed by atoms with E-state index in [1.165, 1.54) is 167 Å². The van der Waals surface area contributed by atoms with Crippen LogP contribution in [0.25, 0.3) is 0 Å². The smallest absolute Gasteiger partial charge is 0.0274 e. The summed E-state index contributed by atoms with van der Waals surface area (Å²) in [5, 5.41) is 0. The summed E-state index contributed by atoms with van der Waals surface area (Å²) in [7, 11) is 0. The van der Waals surface area contributed by atoms with Gasteiger partial charge in [-0.05, 0) is 37.8 Å². The van der Waals surface area contributed by atoms with Crippen LogP contribution in [-0.2, 0) is 0 Å². The number of unbranched alkanes of at least 4 members (excludes halogenated alkanes) is 24. The van der Waals surface area contributed by atoms with Crippen molar-refractivity contribution in [1.29, 1.82) is 0 Å². The van der Waals surface area contributed by atoms with Gasteiger partial charge in [-0.3, -0.25) is 0 Å². The molecule has 0 fully saturated rings. The molecule has 0 aliphatic heterocycles. The molecule has 184 valence electrons. The lowest BCUT2D eigenvalue weighted by atomic mass is 10.0. The summed E-state index contributed by atoms with van der Waals surface area (Å²) >= 11 is 0. The Morgan fingerprint density at radius 3 is 0.806 bits per heavy atom. The van der Waals surface area contributed by atoms with Crippen molar-refractivity contribution in [2.24, 2.45) is 0 Å². The highest BCUT2D eigenvalue weighted by Gasteiger charge is 1.94. The van der Waals surface area contributed by atoms with Gasteiger partial charge in [0.1, 0.15) is 0 Å². The molecular formula is C31H60. The van der Waals surface area contributed by atoms with Gasteiger partial charge in [-0.1, -0.05) is 155 Å². The van der Waals surface area contributed by atoms with E-state index in [1.807, 2.05) is 0 Å². The van der Waals surface area contributed by atoms with E-state index in [1.54, 1.807) is 0 Å². The van der Waals surface area contributed by atoms with E-state index >= 15 is 0 Å². The molecule has 0 aliphatic rings. The molecule has 0 spiro atoms. The highest BCUT2D eigenvalue weighted by Crippen LogP contribution is 2.14. The van der Waals surface area contributed by atoms with E-state index in [4.69, 9.17) is 0 Å². The van der Waals surface area contributed by atoms with E-state index in [-0.39, 0.29) is 0 Å². The Kier molecular flexibility index (Phi) is 29.1. The van der Waals surface area contributed by atoms with Crippen LogP contribution >= 0.6 is 0 Å². The third-order valence-electron chi connectivity index (χ3n) is 6.64. The van der Waals surface area contributed by atoms with Crippen molar-refractivity contribution < 1.29 is 0 Å². The zero-order valence-electron chi connectivity index (χ0n) is 22.0. The molecule has 31 heavy (non-hydrogen) atoms. The van der Waals surface area contributed by atoms with Crippen LogP contribution < -0.4 is 0 Å². The van der Waals surface area contributed by atoms with Gasteiger partial charge >= 0.3 is 0 Å². The van der Waals surface area contributed by atoms with Crippen LogP contribution in [0.3, 0.4) is 0 Å². The lowest BCUT2D eigenvalue weighted by molar-refractivity contribution is 0.540. The average Bonchev–Trinajstić information content (AvgIpc) is 2.78. The maximum absolute atomic E-state index is 3.41. The SMILES string of the molecule is CCCCCCCCCCCCCC=C=CCCCCCCCCCCCCCCC. The molecule has 0 aromatic heterocycles. The van der Waals surface area contributed by atoms with Crippen LogP contribution in [0, 0.1) is 0 Å². The van der Waals surface area contributed by atoms with Gasteiger partial charge in [0.25, 0.3) is 0 Å². The highest BCUT2D eigenvalue weighted by molar-refractivity contribution is 4.84. The highest BCUT2D eigenvalue weighted by atomic mass is 14.0. The minimum absolute atomic E-state index is 1.23. The summed E-state index contributed by atoms with van der Waals surface area (Å²) in [6, 6.07) is 0. The van der Waals surface area contributed by atoms with Gasteiger partial charge in [-0.2, -0.15) is 0 Å². The number of rotatable bonds is 26. The first-order chi connectivity index (χ1) is 15.4. The Hall–Kier alpha value is -0.480. The first-order valence-corrected chi connectivity index (χ1v) is 14.8. The lowest BCUT2D eigenvalue weighted by Crippen LogP contribution is -1.82. The standard InChI is InChI=1S/C31H60/c1-3-5-7-9-11-13-15-17-19-21-23-25-27-29-31-30-28-26-24-22-20-18-16-14-12-10-8-6-4-2/h27,31H,3-26,28,30H2,1-2H3. The van der Waals surface area contributed by atoms with Crippen LogP contribution in [0.2, 0.25) is 0 Å². The second kappa shape index (κ2) is 29.5. The zero-order chi connectivity index (χ0) is 22.5. The van der Waals surface area contributed by atoms with E-state index in [0.717, 1.165) is 0 Å². The van der Waals surface area contributed by atoms with Crippen LogP contribution in [0.4, 0.5) is 0 Å². The Morgan fingerprint density at radius 2 is 0.548 bits per heavy atom. The Morgan fingerprint density at radius 1 is 0.323 bits per heavy atom. The Labute approximate surface area is 198 Å². The van der Waals surface area contributed by atoms with Crippen LogP contribution in [0.1, 0.15) is 181 Å². The fourth-order valence-electron chi connectivity index (χ4n) is 4.42. The van der Waals surface area contributed by atoms with Gasteiger partial charge in [-0.15, -0.1) is 5.73 Å². The lowest BCUT2D eigenvalue weighted by Gasteiger charge is -2.02. The molecule has 0 unspecified atom stereocenters. The van der Waals surface area contributed by atoms with Gasteiger partial charge < -0.3 is 0 Å². The van der Waals surface area contributed by atoms with Crippen molar-refractivity contribution in [3.8, 4) is 0 Å². The predicted octanol–water partition coefficient (Wildman–Crippen LogP) is 11.9. The van der Waals surface area contributed by atoms with Crippen LogP contribution in [0.15, 0.2) is 17.9 Å². The topological polar surface area (TPSA) is 0 Å². The van der Waals surface area contributed by atoms with E-state index in [9.17, 15) is 0 Å². The van der Waals surface area contributed by atoms with Gasteiger partial charge in [0, 0.05) is 0 Å². The summed E-state index contributed by atoms with van der Waals surface area (Å²) in [6.45, 7) is 4.60. The monoisotopic (exact) mass is 432 g/mol. The summed E-state index contributed by atoms with van der Waals surface area (Å²) in [5.74, 6) is 0. The summed E-state index contributed by atoms with van der Waals surface area (Å²) in [4.78, 5) is 0. The predicted molar refractivity (Wildman–Crippen MR) is 144 cm³/mol. The fourth-order valence-corrected chi connectivity index (χ4v) is 4.42. The van der Waals surface area contributed by atoms with Crippen molar-refractivity contribution in [2.75, 3.05) is 0 Å². The molecule has 0 heteroatoms. The minimum Gasteiger partial charge on any atom is -0.130 e. The van der Waals surface area contributed by atoms with Crippen LogP contribution in [0.5, 0.6) is 0 Å². The molecule has 0 atom stereocenters. The van der Waals surface area contributed by atoms with E-state index < -0.39 is 0 Å². The molecule has 0 rings (SSSR count). The molecule has 0 bridgehead atoms. The second-order valence-electron chi connectivity index (χ2n) is 9.93. The molecular weight excluding hydrogens is 372 g/mol. The summed E-state index contributed by atoms with van der Waals surface area (Å²) in [6.07, 6.45) is 41.5. The average molecular weight is 433 g/mol. The number of hydrogen-bond donors (Lipinski definition) is 0. The molecule has 0 nitrogen and oxygen atoms in total. The van der Waals surface area contributed by atoms with Crippen molar-refractivity contribution >= 4 is 0 Å². The molecule has 0 aromatic carbocycles.